The van der Waals surface area contributed by atoms with Gasteiger partial charge in [0.05, 0.1) is 10.0 Å². The van der Waals surface area contributed by atoms with Gasteiger partial charge in [0.25, 0.3) is 0 Å². The molecule has 3 radical (unpaired) electrons. The molecule has 0 fully saturated rings. The fraction of sp³-hybridized carbons (Fsp3) is 0. The van der Waals surface area contributed by atoms with Crippen LogP contribution < -0.4 is 0 Å². The lowest BCUT2D eigenvalue weighted by atomic mass is 10.4. The molecule has 0 saturated heterocycles. The van der Waals surface area contributed by atoms with E-state index in [2.05, 4.69) is 0 Å². The predicted molar refractivity (Wildman–Crippen MR) is 42.2 cm³/mol. The van der Waals surface area contributed by atoms with Gasteiger partial charge in [-0.3, -0.25) is 0 Å². The third kappa shape index (κ3) is 2.29. The Kier molecular flexibility index (Phi) is 3.75. The van der Waals surface area contributed by atoms with Crippen molar-refractivity contribution in [2.24, 2.45) is 0 Å². The molecule has 9 heavy (non-hydrogen) atoms. The molecule has 1 rings (SSSR count). The summed E-state index contributed by atoms with van der Waals surface area (Å²) in [6.45, 7) is 0. The van der Waals surface area contributed by atoms with Crippen LogP contribution in [-0.2, 0) is 0 Å². The summed E-state index contributed by atoms with van der Waals surface area (Å²) in [5.41, 5.74) is 0. The number of hydrogen-bond donors (Lipinski definition) is 0. The maximum absolute atomic E-state index is 5.58. The highest BCUT2D eigenvalue weighted by Gasteiger charge is 1.89. The third-order valence-electron chi connectivity index (χ3n) is 0.824. The van der Waals surface area contributed by atoms with E-state index in [9.17, 15) is 0 Å². The molecule has 0 aliphatic carbocycles. The second-order valence-corrected chi connectivity index (χ2v) is 2.23. The minimum atomic E-state index is 0. The molecule has 0 spiro atoms. The number of hydrogen-bond acceptors (Lipinski definition) is 0. The Labute approximate surface area is 66.4 Å². The molecule has 3 heteroatoms. The van der Waals surface area contributed by atoms with E-state index in [1.807, 2.05) is 12.1 Å². The van der Waals surface area contributed by atoms with E-state index in [0.29, 0.717) is 10.0 Å². The summed E-state index contributed by atoms with van der Waals surface area (Å²) >= 11 is 11.2. The zero-order valence-corrected chi connectivity index (χ0v) is 6.15. The van der Waals surface area contributed by atoms with Crippen molar-refractivity contribution in [2.75, 3.05) is 0 Å². The highest BCUT2D eigenvalue weighted by atomic mass is 35.5. The Morgan fingerprint density at radius 3 is 1.44 bits per heavy atom. The molecule has 0 aliphatic heterocycles. The van der Waals surface area contributed by atoms with Crippen molar-refractivity contribution >= 4 is 31.6 Å². The van der Waals surface area contributed by atoms with Crippen LogP contribution in [0, 0.1) is 0 Å². The minimum absolute atomic E-state index is 0. The van der Waals surface area contributed by atoms with Crippen molar-refractivity contribution < 1.29 is 0 Å². The van der Waals surface area contributed by atoms with E-state index < -0.39 is 0 Å². The molecule has 0 aliphatic rings. The SMILES string of the molecule is Clc1ccccc1Cl.[B]. The van der Waals surface area contributed by atoms with Gasteiger partial charge >= 0.3 is 0 Å². The van der Waals surface area contributed by atoms with E-state index in [1.54, 1.807) is 12.1 Å². The van der Waals surface area contributed by atoms with E-state index >= 15 is 0 Å². The van der Waals surface area contributed by atoms with Crippen LogP contribution in [0.4, 0.5) is 0 Å². The van der Waals surface area contributed by atoms with Crippen LogP contribution in [0.3, 0.4) is 0 Å². The summed E-state index contributed by atoms with van der Waals surface area (Å²) in [5, 5.41) is 1.21. The molecule has 0 saturated carbocycles. The van der Waals surface area contributed by atoms with Gasteiger partial charge in [-0.05, 0) is 12.1 Å². The maximum Gasteiger partial charge on any atom is 0.0592 e. The fourth-order valence-corrected chi connectivity index (χ4v) is 0.711. The zero-order chi connectivity index (χ0) is 5.98. The second-order valence-electron chi connectivity index (χ2n) is 1.41. The first-order chi connectivity index (χ1) is 3.80. The van der Waals surface area contributed by atoms with Gasteiger partial charge in [0, 0.05) is 8.41 Å². The molecule has 0 N–H and O–H groups in total. The van der Waals surface area contributed by atoms with Crippen LogP contribution in [0.1, 0.15) is 0 Å². The summed E-state index contributed by atoms with van der Waals surface area (Å²) in [6, 6.07) is 7.19. The Balaban J connectivity index is 0.000000640. The van der Waals surface area contributed by atoms with Gasteiger partial charge in [0.2, 0.25) is 0 Å². The van der Waals surface area contributed by atoms with Crippen LogP contribution in [0.2, 0.25) is 10.0 Å². The lowest BCUT2D eigenvalue weighted by Crippen LogP contribution is -1.62. The first-order valence-electron chi connectivity index (χ1n) is 2.21. The predicted octanol–water partition coefficient (Wildman–Crippen LogP) is 2.61. The average Bonchev–Trinajstić information content (AvgIpc) is 1.77. The van der Waals surface area contributed by atoms with Gasteiger partial charge < -0.3 is 0 Å². The van der Waals surface area contributed by atoms with E-state index in [0.717, 1.165) is 0 Å². The topological polar surface area (TPSA) is 0 Å². The molecule has 0 nitrogen and oxygen atoms in total. The zero-order valence-electron chi connectivity index (χ0n) is 4.64. The van der Waals surface area contributed by atoms with E-state index in [-0.39, 0.29) is 8.41 Å². The summed E-state index contributed by atoms with van der Waals surface area (Å²) in [6.07, 6.45) is 0. The van der Waals surface area contributed by atoms with Crippen LogP contribution in [0.15, 0.2) is 24.3 Å². The standard InChI is InChI=1S/C6H4Cl2.B/c7-5-3-1-2-4-6(5)8;/h1-4H;. The second kappa shape index (κ2) is 3.81. The van der Waals surface area contributed by atoms with Gasteiger partial charge in [-0.1, -0.05) is 35.3 Å². The smallest absolute Gasteiger partial charge is 0.0592 e. The number of benzene rings is 1. The van der Waals surface area contributed by atoms with Crippen molar-refractivity contribution in [3.63, 3.8) is 0 Å². The normalized spacial score (nSPS) is 8.22. The number of rotatable bonds is 0. The molecular formula is C6H4BCl2. The monoisotopic (exact) mass is 157 g/mol. The molecule has 0 atom stereocenters. The quantitative estimate of drug-likeness (QED) is 0.508. The lowest BCUT2D eigenvalue weighted by molar-refractivity contribution is 1.71. The first-order valence-corrected chi connectivity index (χ1v) is 2.96. The van der Waals surface area contributed by atoms with Crippen molar-refractivity contribution in [1.29, 1.82) is 0 Å². The van der Waals surface area contributed by atoms with Crippen LogP contribution in [0.5, 0.6) is 0 Å². The van der Waals surface area contributed by atoms with Crippen LogP contribution in [-0.4, -0.2) is 8.41 Å². The van der Waals surface area contributed by atoms with Gasteiger partial charge in [-0.15, -0.1) is 0 Å². The Morgan fingerprint density at radius 2 is 1.22 bits per heavy atom. The molecule has 1 aromatic rings. The van der Waals surface area contributed by atoms with E-state index in [4.69, 9.17) is 23.2 Å². The molecule has 45 valence electrons. The summed E-state index contributed by atoms with van der Waals surface area (Å²) in [5.74, 6) is 0. The molecule has 1 aromatic carbocycles. The molecule has 0 bridgehead atoms. The Hall–Kier alpha value is -0.135. The van der Waals surface area contributed by atoms with E-state index in [1.165, 1.54) is 0 Å². The third-order valence-corrected chi connectivity index (χ3v) is 1.58. The molecular weight excluding hydrogens is 154 g/mol. The van der Waals surface area contributed by atoms with Crippen molar-refractivity contribution in [3.05, 3.63) is 34.3 Å². The highest BCUT2D eigenvalue weighted by molar-refractivity contribution is 6.41. The maximum atomic E-state index is 5.58. The van der Waals surface area contributed by atoms with Gasteiger partial charge in [0.1, 0.15) is 0 Å². The summed E-state index contributed by atoms with van der Waals surface area (Å²) in [4.78, 5) is 0. The molecule has 0 heterocycles. The Morgan fingerprint density at radius 1 is 0.889 bits per heavy atom. The van der Waals surface area contributed by atoms with Gasteiger partial charge in [-0.25, -0.2) is 0 Å². The van der Waals surface area contributed by atoms with Crippen molar-refractivity contribution in [1.82, 2.24) is 0 Å². The lowest BCUT2D eigenvalue weighted by Gasteiger charge is -1.88. The fourth-order valence-electron chi connectivity index (χ4n) is 0.439. The van der Waals surface area contributed by atoms with Crippen molar-refractivity contribution in [3.8, 4) is 0 Å². The summed E-state index contributed by atoms with van der Waals surface area (Å²) in [7, 11) is 0. The first kappa shape index (κ1) is 8.86. The highest BCUT2D eigenvalue weighted by Crippen LogP contribution is 2.19. The Bertz CT molecular complexity index is 167. The van der Waals surface area contributed by atoms with Crippen molar-refractivity contribution in [2.45, 2.75) is 0 Å². The van der Waals surface area contributed by atoms with Gasteiger partial charge in [-0.2, -0.15) is 0 Å². The van der Waals surface area contributed by atoms with Crippen LogP contribution >= 0.6 is 23.2 Å². The largest absolute Gasteiger partial charge is 0.0827 e. The molecule has 0 aromatic heterocycles. The minimum Gasteiger partial charge on any atom is -0.0827 e. The summed E-state index contributed by atoms with van der Waals surface area (Å²) < 4.78 is 0. The van der Waals surface area contributed by atoms with Gasteiger partial charge in [0.15, 0.2) is 0 Å². The average molecular weight is 158 g/mol. The molecule has 0 amide bonds. The molecule has 0 unspecified atom stereocenters. The van der Waals surface area contributed by atoms with Crippen LogP contribution in [0.25, 0.3) is 0 Å². The number of halogens is 2.